The second kappa shape index (κ2) is 8.03. The number of likely N-dealkylation sites (N-methyl/N-ethyl adjacent to an activating group) is 1. The fourth-order valence-electron chi connectivity index (χ4n) is 2.98. The van der Waals surface area contributed by atoms with Crippen molar-refractivity contribution >= 4 is 6.03 Å². The molecule has 1 unspecified atom stereocenters. The minimum atomic E-state index is -0.0234. The number of hydrogen-bond acceptors (Lipinski definition) is 2. The number of carbonyl (C=O) groups excluding carboxylic acids is 1. The maximum atomic E-state index is 12.1. The number of nitrogens with one attached hydrogen (secondary N) is 2. The van der Waals surface area contributed by atoms with Crippen molar-refractivity contribution in [2.75, 3.05) is 20.6 Å². The average molecular weight is 289 g/mol. The fourth-order valence-corrected chi connectivity index (χ4v) is 2.98. The van der Waals surface area contributed by atoms with Crippen LogP contribution in [-0.2, 0) is 6.42 Å². The molecule has 1 fully saturated rings. The molecule has 0 radical (unpaired) electrons. The highest BCUT2D eigenvalue weighted by Crippen LogP contribution is 2.17. The van der Waals surface area contributed by atoms with E-state index in [0.29, 0.717) is 6.04 Å². The summed E-state index contributed by atoms with van der Waals surface area (Å²) in [5.74, 6) is 0. The van der Waals surface area contributed by atoms with E-state index in [0.717, 1.165) is 25.8 Å². The summed E-state index contributed by atoms with van der Waals surface area (Å²) in [5.41, 5.74) is 1.26. The van der Waals surface area contributed by atoms with Crippen LogP contribution in [0.2, 0.25) is 0 Å². The zero-order valence-electron chi connectivity index (χ0n) is 13.1. The fraction of sp³-hybridized carbons (Fsp3) is 0.588. The lowest BCUT2D eigenvalue weighted by Gasteiger charge is -2.24. The van der Waals surface area contributed by atoms with Crippen molar-refractivity contribution in [1.29, 1.82) is 0 Å². The number of hydrogen-bond donors (Lipinski definition) is 2. The second-order valence-corrected chi connectivity index (χ2v) is 6.25. The summed E-state index contributed by atoms with van der Waals surface area (Å²) >= 11 is 0. The van der Waals surface area contributed by atoms with Crippen LogP contribution in [0.15, 0.2) is 30.3 Å². The van der Waals surface area contributed by atoms with Crippen molar-refractivity contribution < 1.29 is 4.79 Å². The number of amides is 2. The quantitative estimate of drug-likeness (QED) is 0.844. The number of urea groups is 1. The Morgan fingerprint density at radius 2 is 1.90 bits per heavy atom. The van der Waals surface area contributed by atoms with Crippen LogP contribution in [-0.4, -0.2) is 43.7 Å². The van der Waals surface area contributed by atoms with Gasteiger partial charge in [0.1, 0.15) is 0 Å². The highest BCUT2D eigenvalue weighted by atomic mass is 16.2. The minimum absolute atomic E-state index is 0.0234. The third kappa shape index (κ3) is 5.76. The summed E-state index contributed by atoms with van der Waals surface area (Å²) in [4.78, 5) is 14.3. The van der Waals surface area contributed by atoms with E-state index in [9.17, 15) is 4.79 Å². The number of rotatable bonds is 6. The van der Waals surface area contributed by atoms with Gasteiger partial charge in [-0.2, -0.15) is 0 Å². The van der Waals surface area contributed by atoms with Crippen molar-refractivity contribution in [3.05, 3.63) is 35.9 Å². The minimum Gasteiger partial charge on any atom is -0.335 e. The molecule has 0 aromatic heterocycles. The molecule has 1 aliphatic carbocycles. The molecular formula is C17H27N3O. The Morgan fingerprint density at radius 3 is 2.52 bits per heavy atom. The van der Waals surface area contributed by atoms with E-state index in [2.05, 4.69) is 27.7 Å². The molecule has 4 nitrogen and oxygen atoms in total. The van der Waals surface area contributed by atoms with Crippen LogP contribution in [0.5, 0.6) is 0 Å². The monoisotopic (exact) mass is 289 g/mol. The molecule has 0 saturated heterocycles. The summed E-state index contributed by atoms with van der Waals surface area (Å²) in [7, 11) is 4.07. The van der Waals surface area contributed by atoms with Crippen molar-refractivity contribution in [2.45, 2.75) is 44.2 Å². The van der Waals surface area contributed by atoms with Gasteiger partial charge in [0.25, 0.3) is 0 Å². The predicted octanol–water partition coefficient (Wildman–Crippen LogP) is 2.40. The van der Waals surface area contributed by atoms with E-state index < -0.39 is 0 Å². The third-order valence-corrected chi connectivity index (χ3v) is 3.94. The molecule has 1 aliphatic rings. The maximum Gasteiger partial charge on any atom is 0.315 e. The molecule has 116 valence electrons. The van der Waals surface area contributed by atoms with Crippen LogP contribution in [0, 0.1) is 0 Å². The number of nitrogens with zero attached hydrogens (tertiary/aromatic N) is 1. The molecule has 1 atom stereocenters. The molecule has 1 aromatic carbocycles. The smallest absolute Gasteiger partial charge is 0.315 e. The standard InChI is InChI=1S/C17H27N3O/c1-20(2)13-16(12-14-8-4-3-5-9-14)19-17(21)18-15-10-6-7-11-15/h3-5,8-9,15-16H,6-7,10-13H2,1-2H3,(H2,18,19,21). The molecule has 0 spiro atoms. The van der Waals surface area contributed by atoms with Crippen LogP contribution < -0.4 is 10.6 Å². The van der Waals surface area contributed by atoms with Gasteiger partial charge in [0.15, 0.2) is 0 Å². The molecule has 2 N–H and O–H groups in total. The SMILES string of the molecule is CN(C)CC(Cc1ccccc1)NC(=O)NC1CCCC1. The van der Waals surface area contributed by atoms with E-state index >= 15 is 0 Å². The van der Waals surface area contributed by atoms with Crippen LogP contribution in [0.25, 0.3) is 0 Å². The van der Waals surface area contributed by atoms with Gasteiger partial charge in [0.05, 0.1) is 0 Å². The summed E-state index contributed by atoms with van der Waals surface area (Å²) < 4.78 is 0. The summed E-state index contributed by atoms with van der Waals surface area (Å²) in [6.07, 6.45) is 5.55. The Labute approximate surface area is 127 Å². The largest absolute Gasteiger partial charge is 0.335 e. The molecule has 0 bridgehead atoms. The van der Waals surface area contributed by atoms with Gasteiger partial charge in [-0.1, -0.05) is 43.2 Å². The van der Waals surface area contributed by atoms with E-state index in [4.69, 9.17) is 0 Å². The van der Waals surface area contributed by atoms with Crippen molar-refractivity contribution in [3.63, 3.8) is 0 Å². The molecule has 0 aliphatic heterocycles. The normalized spacial score (nSPS) is 16.9. The zero-order chi connectivity index (χ0) is 15.1. The van der Waals surface area contributed by atoms with E-state index in [-0.39, 0.29) is 12.1 Å². The van der Waals surface area contributed by atoms with E-state index in [1.54, 1.807) is 0 Å². The first-order valence-electron chi connectivity index (χ1n) is 7.89. The van der Waals surface area contributed by atoms with Gasteiger partial charge in [-0.25, -0.2) is 4.79 Å². The summed E-state index contributed by atoms with van der Waals surface area (Å²) in [6, 6.07) is 10.8. The van der Waals surface area contributed by atoms with Crippen molar-refractivity contribution in [3.8, 4) is 0 Å². The highest BCUT2D eigenvalue weighted by molar-refractivity contribution is 5.74. The topological polar surface area (TPSA) is 44.4 Å². The van der Waals surface area contributed by atoms with Gasteiger partial charge in [0, 0.05) is 18.6 Å². The molecule has 2 rings (SSSR count). The van der Waals surface area contributed by atoms with Gasteiger partial charge in [-0.3, -0.25) is 0 Å². The van der Waals surface area contributed by atoms with Crippen LogP contribution in [0.3, 0.4) is 0 Å². The van der Waals surface area contributed by atoms with E-state index in [1.807, 2.05) is 32.3 Å². The highest BCUT2D eigenvalue weighted by Gasteiger charge is 2.19. The Hall–Kier alpha value is -1.55. The molecule has 0 heterocycles. The van der Waals surface area contributed by atoms with Gasteiger partial charge in [-0.15, -0.1) is 0 Å². The first-order chi connectivity index (χ1) is 10.1. The van der Waals surface area contributed by atoms with Gasteiger partial charge in [-0.05, 0) is 38.9 Å². The zero-order valence-corrected chi connectivity index (χ0v) is 13.1. The lowest BCUT2D eigenvalue weighted by Crippen LogP contribution is -2.49. The van der Waals surface area contributed by atoms with Crippen LogP contribution >= 0.6 is 0 Å². The maximum absolute atomic E-state index is 12.1. The van der Waals surface area contributed by atoms with E-state index in [1.165, 1.54) is 18.4 Å². The molecular weight excluding hydrogens is 262 g/mol. The first kappa shape index (κ1) is 15.8. The van der Waals surface area contributed by atoms with Crippen LogP contribution in [0.1, 0.15) is 31.2 Å². The first-order valence-corrected chi connectivity index (χ1v) is 7.89. The van der Waals surface area contributed by atoms with Crippen molar-refractivity contribution in [1.82, 2.24) is 15.5 Å². The van der Waals surface area contributed by atoms with Gasteiger partial charge >= 0.3 is 6.03 Å². The Balaban J connectivity index is 1.87. The summed E-state index contributed by atoms with van der Waals surface area (Å²) in [5, 5.41) is 6.23. The summed E-state index contributed by atoms with van der Waals surface area (Å²) in [6.45, 7) is 0.840. The lowest BCUT2D eigenvalue weighted by molar-refractivity contribution is 0.229. The molecule has 1 saturated carbocycles. The molecule has 21 heavy (non-hydrogen) atoms. The van der Waals surface area contributed by atoms with Crippen LogP contribution in [0.4, 0.5) is 4.79 Å². The average Bonchev–Trinajstić information content (AvgIpc) is 2.91. The number of carbonyl (C=O) groups is 1. The Bertz CT molecular complexity index is 427. The molecule has 2 amide bonds. The molecule has 4 heteroatoms. The van der Waals surface area contributed by atoms with Crippen molar-refractivity contribution in [2.24, 2.45) is 0 Å². The second-order valence-electron chi connectivity index (χ2n) is 6.25. The van der Waals surface area contributed by atoms with Gasteiger partial charge in [0.2, 0.25) is 0 Å². The predicted molar refractivity (Wildman–Crippen MR) is 86.4 cm³/mol. The Morgan fingerprint density at radius 1 is 1.24 bits per heavy atom. The van der Waals surface area contributed by atoms with Gasteiger partial charge < -0.3 is 15.5 Å². The number of benzene rings is 1. The molecule has 1 aromatic rings. The Kier molecular flexibility index (Phi) is 6.05. The lowest BCUT2D eigenvalue weighted by atomic mass is 10.1. The third-order valence-electron chi connectivity index (χ3n) is 3.94.